The van der Waals surface area contributed by atoms with E-state index < -0.39 is 10.9 Å². The van der Waals surface area contributed by atoms with Crippen molar-refractivity contribution < 1.29 is 14.5 Å². The van der Waals surface area contributed by atoms with Gasteiger partial charge >= 0.3 is 5.97 Å². The molecule has 0 radical (unpaired) electrons. The first-order valence-electron chi connectivity index (χ1n) is 7.04. The molecule has 0 bridgehead atoms. The van der Waals surface area contributed by atoms with Gasteiger partial charge in [-0.25, -0.2) is 4.79 Å². The molecular weight excluding hydrogens is 272 g/mol. The number of hydrogen-bond acceptors (Lipinski definition) is 5. The predicted molar refractivity (Wildman–Crippen MR) is 79.6 cm³/mol. The first kappa shape index (κ1) is 15.3. The Morgan fingerprint density at radius 1 is 1.33 bits per heavy atom. The highest BCUT2D eigenvalue weighted by Gasteiger charge is 2.27. The number of non-ortho nitro benzene ring substituents is 1. The molecule has 0 aromatic heterocycles. The van der Waals surface area contributed by atoms with E-state index >= 15 is 0 Å². The maximum atomic E-state index is 11.9. The Bertz CT molecular complexity index is 549. The van der Waals surface area contributed by atoms with Crippen LogP contribution < -0.4 is 4.90 Å². The molecule has 1 aromatic carbocycles. The summed E-state index contributed by atoms with van der Waals surface area (Å²) in [6, 6.07) is 4.28. The number of benzene rings is 1. The molecule has 6 nitrogen and oxygen atoms in total. The lowest BCUT2D eigenvalue weighted by atomic mass is 9.91. The van der Waals surface area contributed by atoms with E-state index in [2.05, 4.69) is 18.7 Å². The van der Waals surface area contributed by atoms with Crippen molar-refractivity contribution in [2.24, 2.45) is 11.8 Å². The van der Waals surface area contributed by atoms with Crippen LogP contribution in [0.3, 0.4) is 0 Å². The molecule has 0 saturated carbocycles. The van der Waals surface area contributed by atoms with Crippen molar-refractivity contribution in [3.63, 3.8) is 0 Å². The summed E-state index contributed by atoms with van der Waals surface area (Å²) in [6.45, 7) is 5.88. The van der Waals surface area contributed by atoms with Crippen molar-refractivity contribution in [2.75, 3.05) is 25.1 Å². The Kier molecular flexibility index (Phi) is 4.45. The average Bonchev–Trinajstić information content (AvgIpc) is 2.44. The maximum Gasteiger partial charge on any atom is 0.339 e. The lowest BCUT2D eigenvalue weighted by molar-refractivity contribution is -0.384. The van der Waals surface area contributed by atoms with Gasteiger partial charge in [-0.05, 0) is 24.3 Å². The van der Waals surface area contributed by atoms with Gasteiger partial charge in [0, 0.05) is 25.2 Å². The molecule has 21 heavy (non-hydrogen) atoms. The Hall–Kier alpha value is -2.11. The molecule has 1 aliphatic rings. The van der Waals surface area contributed by atoms with Gasteiger partial charge in [0.05, 0.1) is 23.3 Å². The molecule has 2 unspecified atom stereocenters. The third-order valence-electron chi connectivity index (χ3n) is 3.81. The molecule has 1 saturated heterocycles. The fraction of sp³-hybridized carbons (Fsp3) is 0.533. The van der Waals surface area contributed by atoms with Gasteiger partial charge in [-0.3, -0.25) is 10.1 Å². The molecule has 1 aliphatic heterocycles. The molecule has 2 rings (SSSR count). The number of carbonyl (C=O) groups excluding carboxylic acids is 1. The highest BCUT2D eigenvalue weighted by molar-refractivity contribution is 5.96. The van der Waals surface area contributed by atoms with E-state index in [1.807, 2.05) is 0 Å². The SMILES string of the molecule is COC(=O)c1ccc([N+](=O)[O-])cc1N1CC(C)CC(C)C1. The van der Waals surface area contributed by atoms with Crippen LogP contribution in [0, 0.1) is 22.0 Å². The van der Waals surface area contributed by atoms with Gasteiger partial charge in [-0.2, -0.15) is 0 Å². The second-order valence-electron chi connectivity index (χ2n) is 5.80. The second-order valence-corrected chi connectivity index (χ2v) is 5.80. The summed E-state index contributed by atoms with van der Waals surface area (Å²) in [5, 5.41) is 11.0. The summed E-state index contributed by atoms with van der Waals surface area (Å²) in [7, 11) is 1.31. The van der Waals surface area contributed by atoms with Gasteiger partial charge in [-0.15, -0.1) is 0 Å². The summed E-state index contributed by atoms with van der Waals surface area (Å²) >= 11 is 0. The van der Waals surface area contributed by atoms with Gasteiger partial charge in [0.2, 0.25) is 0 Å². The van der Waals surface area contributed by atoms with E-state index in [4.69, 9.17) is 4.74 Å². The van der Waals surface area contributed by atoms with Crippen LogP contribution in [0.5, 0.6) is 0 Å². The molecular formula is C15H20N2O4. The monoisotopic (exact) mass is 292 g/mol. The number of esters is 1. The average molecular weight is 292 g/mol. The van der Waals surface area contributed by atoms with Crippen molar-refractivity contribution in [3.8, 4) is 0 Å². The number of anilines is 1. The summed E-state index contributed by atoms with van der Waals surface area (Å²) in [5.41, 5.74) is 0.961. The zero-order valence-electron chi connectivity index (χ0n) is 12.5. The van der Waals surface area contributed by atoms with Gasteiger partial charge in [0.1, 0.15) is 0 Å². The standard InChI is InChI=1S/C15H20N2O4/c1-10-6-11(2)9-16(8-10)14-7-12(17(19)20)4-5-13(14)15(18)21-3/h4-5,7,10-11H,6,8-9H2,1-3H3. The quantitative estimate of drug-likeness (QED) is 0.486. The van der Waals surface area contributed by atoms with E-state index in [9.17, 15) is 14.9 Å². The van der Waals surface area contributed by atoms with Gasteiger partial charge in [0.25, 0.3) is 5.69 Å². The number of carbonyl (C=O) groups is 1. The van der Waals surface area contributed by atoms with Crippen LogP contribution in [0.1, 0.15) is 30.6 Å². The summed E-state index contributed by atoms with van der Waals surface area (Å²) < 4.78 is 4.79. The van der Waals surface area contributed by atoms with Crippen molar-refractivity contribution in [1.82, 2.24) is 0 Å². The number of methoxy groups -OCH3 is 1. The molecule has 6 heteroatoms. The fourth-order valence-corrected chi connectivity index (χ4v) is 3.04. The van der Waals surface area contributed by atoms with E-state index in [-0.39, 0.29) is 5.69 Å². The smallest absolute Gasteiger partial charge is 0.339 e. The largest absolute Gasteiger partial charge is 0.465 e. The zero-order chi connectivity index (χ0) is 15.6. The molecule has 1 fully saturated rings. The number of nitro groups is 1. The van der Waals surface area contributed by atoms with Gasteiger partial charge in [0.15, 0.2) is 0 Å². The number of hydrogen-bond donors (Lipinski definition) is 0. The normalized spacial score (nSPS) is 22.0. The number of nitro benzene ring substituents is 1. The third kappa shape index (κ3) is 3.32. The minimum absolute atomic E-state index is 0.0106. The predicted octanol–water partition coefficient (Wildman–Crippen LogP) is 2.86. The fourth-order valence-electron chi connectivity index (χ4n) is 3.04. The zero-order valence-corrected chi connectivity index (χ0v) is 12.5. The van der Waals surface area contributed by atoms with Crippen LogP contribution in [-0.2, 0) is 4.74 Å². The van der Waals surface area contributed by atoms with Crippen LogP contribution >= 0.6 is 0 Å². The minimum atomic E-state index is -0.467. The number of ether oxygens (including phenoxy) is 1. The lowest BCUT2D eigenvalue weighted by Gasteiger charge is -2.37. The summed E-state index contributed by atoms with van der Waals surface area (Å²) in [5.74, 6) is 0.503. The maximum absolute atomic E-state index is 11.9. The Balaban J connectivity index is 2.44. The van der Waals surface area contributed by atoms with Crippen molar-refractivity contribution in [3.05, 3.63) is 33.9 Å². The number of piperidine rings is 1. The van der Waals surface area contributed by atoms with Crippen LogP contribution in [0.25, 0.3) is 0 Å². The minimum Gasteiger partial charge on any atom is -0.465 e. The van der Waals surface area contributed by atoms with Crippen LogP contribution in [0.2, 0.25) is 0 Å². The molecule has 0 amide bonds. The van der Waals surface area contributed by atoms with Crippen LogP contribution in [0.4, 0.5) is 11.4 Å². The van der Waals surface area contributed by atoms with E-state index in [0.29, 0.717) is 23.1 Å². The third-order valence-corrected chi connectivity index (χ3v) is 3.81. The van der Waals surface area contributed by atoms with E-state index in [1.54, 1.807) is 0 Å². The summed E-state index contributed by atoms with van der Waals surface area (Å²) in [6.07, 6.45) is 1.12. The Morgan fingerprint density at radius 2 is 1.95 bits per heavy atom. The Morgan fingerprint density at radius 3 is 2.48 bits per heavy atom. The Labute approximate surface area is 123 Å². The van der Waals surface area contributed by atoms with Crippen molar-refractivity contribution in [2.45, 2.75) is 20.3 Å². The first-order chi connectivity index (χ1) is 9.92. The van der Waals surface area contributed by atoms with Crippen LogP contribution in [0.15, 0.2) is 18.2 Å². The number of rotatable bonds is 3. The molecule has 0 N–H and O–H groups in total. The van der Waals surface area contributed by atoms with E-state index in [0.717, 1.165) is 19.5 Å². The van der Waals surface area contributed by atoms with Crippen molar-refractivity contribution in [1.29, 1.82) is 0 Å². The highest BCUT2D eigenvalue weighted by Crippen LogP contribution is 2.32. The molecule has 0 spiro atoms. The van der Waals surface area contributed by atoms with Gasteiger partial charge < -0.3 is 9.64 Å². The van der Waals surface area contributed by atoms with Gasteiger partial charge in [-0.1, -0.05) is 13.8 Å². The first-order valence-corrected chi connectivity index (χ1v) is 7.04. The van der Waals surface area contributed by atoms with E-state index in [1.165, 1.54) is 25.3 Å². The topological polar surface area (TPSA) is 72.7 Å². The number of nitrogens with zero attached hydrogens (tertiary/aromatic N) is 2. The summed E-state index contributed by atoms with van der Waals surface area (Å²) in [4.78, 5) is 24.5. The van der Waals surface area contributed by atoms with Crippen molar-refractivity contribution >= 4 is 17.3 Å². The molecule has 0 aliphatic carbocycles. The molecule has 2 atom stereocenters. The second kappa shape index (κ2) is 6.11. The van der Waals surface area contributed by atoms with Crippen LogP contribution in [-0.4, -0.2) is 31.1 Å². The molecule has 114 valence electrons. The highest BCUT2D eigenvalue weighted by atomic mass is 16.6. The molecule has 1 aromatic rings. The molecule has 1 heterocycles. The lowest BCUT2D eigenvalue weighted by Crippen LogP contribution is -2.39.